The van der Waals surface area contributed by atoms with E-state index in [2.05, 4.69) is 10.3 Å². The monoisotopic (exact) mass is 218 g/mol. The zero-order valence-corrected chi connectivity index (χ0v) is 8.47. The molecule has 1 aromatic heterocycles. The van der Waals surface area contributed by atoms with E-state index in [9.17, 15) is 14.4 Å². The van der Waals surface area contributed by atoms with Crippen LogP contribution in [0.4, 0.5) is 0 Å². The van der Waals surface area contributed by atoms with Crippen molar-refractivity contribution in [2.24, 2.45) is 0 Å². The second-order valence-electron chi connectivity index (χ2n) is 3.61. The van der Waals surface area contributed by atoms with Crippen molar-refractivity contribution < 1.29 is 14.4 Å². The molecular formula is C11H10N2O3. The third-order valence-corrected chi connectivity index (χ3v) is 2.51. The Bertz CT molecular complexity index is 456. The summed E-state index contributed by atoms with van der Waals surface area (Å²) in [5.74, 6) is -1.03. The van der Waals surface area contributed by atoms with Gasteiger partial charge in [0.25, 0.3) is 0 Å². The van der Waals surface area contributed by atoms with Crippen molar-refractivity contribution in [1.82, 2.24) is 10.3 Å². The number of rotatable bonds is 2. The molecule has 0 radical (unpaired) electrons. The molecule has 16 heavy (non-hydrogen) atoms. The van der Waals surface area contributed by atoms with Crippen LogP contribution in [0.2, 0.25) is 0 Å². The van der Waals surface area contributed by atoms with E-state index in [0.29, 0.717) is 30.5 Å². The summed E-state index contributed by atoms with van der Waals surface area (Å²) >= 11 is 0. The second kappa shape index (κ2) is 4.22. The van der Waals surface area contributed by atoms with Crippen LogP contribution in [0.5, 0.6) is 0 Å². The van der Waals surface area contributed by atoms with Crippen molar-refractivity contribution in [1.29, 1.82) is 0 Å². The average Bonchev–Trinajstić information content (AvgIpc) is 2.29. The smallest absolute Gasteiger partial charge is 0.235 e. The van der Waals surface area contributed by atoms with E-state index < -0.39 is 5.92 Å². The molecule has 0 aliphatic carbocycles. The van der Waals surface area contributed by atoms with Crippen LogP contribution in [0.25, 0.3) is 0 Å². The Hall–Kier alpha value is -2.04. The molecule has 1 N–H and O–H groups in total. The highest BCUT2D eigenvalue weighted by molar-refractivity contribution is 6.00. The number of aldehydes is 1. The Morgan fingerprint density at radius 1 is 1.38 bits per heavy atom. The van der Waals surface area contributed by atoms with Gasteiger partial charge in [-0.3, -0.25) is 19.7 Å². The number of carbonyl (C=O) groups excluding carboxylic acids is 3. The van der Waals surface area contributed by atoms with Crippen LogP contribution in [0.1, 0.15) is 34.9 Å². The quantitative estimate of drug-likeness (QED) is 0.576. The summed E-state index contributed by atoms with van der Waals surface area (Å²) in [5.41, 5.74) is 0.830. The Balaban J connectivity index is 2.26. The highest BCUT2D eigenvalue weighted by Gasteiger charge is 2.28. The van der Waals surface area contributed by atoms with E-state index >= 15 is 0 Å². The highest BCUT2D eigenvalue weighted by Crippen LogP contribution is 2.22. The maximum absolute atomic E-state index is 11.5. The average molecular weight is 218 g/mol. The first kappa shape index (κ1) is 10.5. The molecule has 1 fully saturated rings. The molecular weight excluding hydrogens is 208 g/mol. The molecule has 1 atom stereocenters. The molecule has 5 nitrogen and oxygen atoms in total. The SMILES string of the molecule is O=Cc1cccc(C2CCC(=O)NC2=O)n1. The minimum atomic E-state index is -0.433. The standard InChI is InChI=1S/C11H10N2O3/c14-6-7-2-1-3-9(12-7)8-4-5-10(15)13-11(8)16/h1-3,6,8H,4-5H2,(H,13,15,16). The number of imide groups is 1. The molecule has 2 rings (SSSR count). The summed E-state index contributed by atoms with van der Waals surface area (Å²) in [5, 5.41) is 2.26. The first-order chi connectivity index (χ1) is 7.70. The van der Waals surface area contributed by atoms with Gasteiger partial charge in [-0.05, 0) is 18.6 Å². The molecule has 1 unspecified atom stereocenters. The van der Waals surface area contributed by atoms with Crippen molar-refractivity contribution >= 4 is 18.1 Å². The van der Waals surface area contributed by atoms with Crippen molar-refractivity contribution in [2.45, 2.75) is 18.8 Å². The molecule has 82 valence electrons. The van der Waals surface area contributed by atoms with Gasteiger partial charge in [0.2, 0.25) is 11.8 Å². The van der Waals surface area contributed by atoms with Gasteiger partial charge in [-0.1, -0.05) is 6.07 Å². The number of amides is 2. The molecule has 0 aromatic carbocycles. The topological polar surface area (TPSA) is 76.1 Å². The van der Waals surface area contributed by atoms with Crippen molar-refractivity contribution in [3.63, 3.8) is 0 Å². The van der Waals surface area contributed by atoms with Gasteiger partial charge in [-0.25, -0.2) is 4.98 Å². The summed E-state index contributed by atoms with van der Waals surface area (Å²) in [7, 11) is 0. The summed E-state index contributed by atoms with van der Waals surface area (Å²) in [6.07, 6.45) is 1.39. The molecule has 2 heterocycles. The van der Waals surface area contributed by atoms with E-state index in [0.717, 1.165) is 0 Å². The summed E-state index contributed by atoms with van der Waals surface area (Å²) < 4.78 is 0. The number of pyridine rings is 1. The van der Waals surface area contributed by atoms with Gasteiger partial charge >= 0.3 is 0 Å². The maximum atomic E-state index is 11.5. The lowest BCUT2D eigenvalue weighted by atomic mass is 9.94. The third-order valence-electron chi connectivity index (χ3n) is 2.51. The first-order valence-electron chi connectivity index (χ1n) is 4.96. The predicted octanol–water partition coefficient (Wildman–Crippen LogP) is 0.414. The number of aromatic nitrogens is 1. The van der Waals surface area contributed by atoms with E-state index in [-0.39, 0.29) is 11.8 Å². The van der Waals surface area contributed by atoms with Crippen molar-refractivity contribution in [2.75, 3.05) is 0 Å². The van der Waals surface area contributed by atoms with E-state index in [1.54, 1.807) is 18.2 Å². The van der Waals surface area contributed by atoms with Crippen LogP contribution >= 0.6 is 0 Å². The molecule has 5 heteroatoms. The van der Waals surface area contributed by atoms with E-state index in [1.165, 1.54) is 0 Å². The Morgan fingerprint density at radius 3 is 2.88 bits per heavy atom. The van der Waals surface area contributed by atoms with Crippen LogP contribution in [0, 0.1) is 0 Å². The number of piperidine rings is 1. The predicted molar refractivity (Wildman–Crippen MR) is 54.7 cm³/mol. The number of nitrogens with zero attached hydrogens (tertiary/aromatic N) is 1. The second-order valence-corrected chi connectivity index (χ2v) is 3.61. The fourth-order valence-electron chi connectivity index (χ4n) is 1.70. The Morgan fingerprint density at radius 2 is 2.19 bits per heavy atom. The van der Waals surface area contributed by atoms with E-state index in [4.69, 9.17) is 0 Å². The van der Waals surface area contributed by atoms with Crippen LogP contribution in [-0.2, 0) is 9.59 Å². The zero-order valence-electron chi connectivity index (χ0n) is 8.47. The summed E-state index contributed by atoms with van der Waals surface area (Å²) in [4.78, 5) is 37.1. The lowest BCUT2D eigenvalue weighted by molar-refractivity contribution is -0.134. The summed E-state index contributed by atoms with van der Waals surface area (Å²) in [6.45, 7) is 0. The van der Waals surface area contributed by atoms with E-state index in [1.807, 2.05) is 0 Å². The number of hydrogen-bond donors (Lipinski definition) is 1. The minimum absolute atomic E-state index is 0.257. The number of carbonyl (C=O) groups is 3. The molecule has 1 aliphatic rings. The van der Waals surface area contributed by atoms with Gasteiger partial charge < -0.3 is 0 Å². The van der Waals surface area contributed by atoms with Crippen molar-refractivity contribution in [3.05, 3.63) is 29.6 Å². The number of hydrogen-bond acceptors (Lipinski definition) is 4. The summed E-state index contributed by atoms with van der Waals surface area (Å²) in [6, 6.07) is 4.94. The van der Waals surface area contributed by atoms with Crippen LogP contribution < -0.4 is 5.32 Å². The van der Waals surface area contributed by atoms with Gasteiger partial charge in [-0.15, -0.1) is 0 Å². The van der Waals surface area contributed by atoms with Crippen LogP contribution in [-0.4, -0.2) is 23.1 Å². The Kier molecular flexibility index (Phi) is 2.76. The highest BCUT2D eigenvalue weighted by atomic mass is 16.2. The molecule has 1 aromatic rings. The van der Waals surface area contributed by atoms with Gasteiger partial charge in [0.1, 0.15) is 5.69 Å². The van der Waals surface area contributed by atoms with Gasteiger partial charge in [0.05, 0.1) is 11.6 Å². The lowest BCUT2D eigenvalue weighted by Crippen LogP contribution is -2.39. The lowest BCUT2D eigenvalue weighted by Gasteiger charge is -2.20. The molecule has 0 bridgehead atoms. The fraction of sp³-hybridized carbons (Fsp3) is 0.273. The molecule has 2 amide bonds. The van der Waals surface area contributed by atoms with Crippen LogP contribution in [0.15, 0.2) is 18.2 Å². The molecule has 0 saturated carbocycles. The van der Waals surface area contributed by atoms with Gasteiger partial charge in [-0.2, -0.15) is 0 Å². The zero-order chi connectivity index (χ0) is 11.5. The molecule has 1 aliphatic heterocycles. The Labute approximate surface area is 91.9 Å². The maximum Gasteiger partial charge on any atom is 0.235 e. The van der Waals surface area contributed by atoms with Gasteiger partial charge in [0.15, 0.2) is 6.29 Å². The van der Waals surface area contributed by atoms with Crippen LogP contribution in [0.3, 0.4) is 0 Å². The third kappa shape index (κ3) is 1.98. The first-order valence-corrected chi connectivity index (χ1v) is 4.96. The normalized spacial score (nSPS) is 20.4. The largest absolute Gasteiger partial charge is 0.296 e. The van der Waals surface area contributed by atoms with Gasteiger partial charge in [0, 0.05) is 6.42 Å². The number of nitrogens with one attached hydrogen (secondary N) is 1. The fourth-order valence-corrected chi connectivity index (χ4v) is 1.70. The molecule has 0 spiro atoms. The minimum Gasteiger partial charge on any atom is -0.296 e. The molecule has 1 saturated heterocycles. The van der Waals surface area contributed by atoms with Crippen molar-refractivity contribution in [3.8, 4) is 0 Å².